The number of nitrogens with zero attached hydrogens (tertiary/aromatic N) is 3. The highest BCUT2D eigenvalue weighted by molar-refractivity contribution is 7.20. The van der Waals surface area contributed by atoms with E-state index >= 15 is 0 Å². The van der Waals surface area contributed by atoms with E-state index in [9.17, 15) is 4.79 Å². The first-order valence-corrected chi connectivity index (χ1v) is 10.7. The highest BCUT2D eigenvalue weighted by atomic mass is 32.1. The summed E-state index contributed by atoms with van der Waals surface area (Å²) >= 11 is 1.40. The molecule has 2 N–H and O–H groups in total. The van der Waals surface area contributed by atoms with Crippen molar-refractivity contribution in [3.8, 4) is 0 Å². The van der Waals surface area contributed by atoms with Gasteiger partial charge in [-0.25, -0.2) is 9.97 Å². The maximum absolute atomic E-state index is 12.9. The monoisotopic (exact) mass is 417 g/mol. The van der Waals surface area contributed by atoms with Gasteiger partial charge in [0.2, 0.25) is 0 Å². The molecule has 152 valence electrons. The van der Waals surface area contributed by atoms with Crippen molar-refractivity contribution in [2.75, 3.05) is 11.9 Å². The Morgan fingerprint density at radius 3 is 2.63 bits per heavy atom. The lowest BCUT2D eigenvalue weighted by atomic mass is 10.0. The van der Waals surface area contributed by atoms with E-state index in [-0.39, 0.29) is 11.8 Å². The number of benzene rings is 1. The second-order valence-electron chi connectivity index (χ2n) is 7.15. The predicted molar refractivity (Wildman–Crippen MR) is 121 cm³/mol. The summed E-state index contributed by atoms with van der Waals surface area (Å²) in [5.41, 5.74) is 3.02. The first-order valence-electron chi connectivity index (χ1n) is 9.84. The van der Waals surface area contributed by atoms with Crippen molar-refractivity contribution in [1.29, 1.82) is 0 Å². The number of anilines is 1. The highest BCUT2D eigenvalue weighted by Gasteiger charge is 2.20. The summed E-state index contributed by atoms with van der Waals surface area (Å²) < 4.78 is 0. The van der Waals surface area contributed by atoms with Gasteiger partial charge in [0, 0.05) is 12.7 Å². The summed E-state index contributed by atoms with van der Waals surface area (Å²) in [5.74, 6) is 0.880. The third-order valence-corrected chi connectivity index (χ3v) is 6.23. The number of aryl methyl sites for hydroxylation is 1. The molecule has 6 nitrogen and oxygen atoms in total. The fraction of sp³-hybridized carbons (Fsp3) is 0.217. The molecule has 7 heteroatoms. The molecule has 3 aromatic heterocycles. The zero-order valence-electron chi connectivity index (χ0n) is 16.9. The summed E-state index contributed by atoms with van der Waals surface area (Å²) in [7, 11) is 0. The molecule has 4 rings (SSSR count). The number of hydrogen-bond acceptors (Lipinski definition) is 6. The minimum Gasteiger partial charge on any atom is -0.364 e. The molecule has 1 amide bonds. The molecule has 0 unspecified atom stereocenters. The third kappa shape index (κ3) is 4.31. The minimum absolute atomic E-state index is 0.0750. The van der Waals surface area contributed by atoms with Crippen LogP contribution in [-0.2, 0) is 6.54 Å². The molecule has 0 aliphatic rings. The van der Waals surface area contributed by atoms with Gasteiger partial charge in [-0.15, -0.1) is 11.3 Å². The number of pyridine rings is 1. The summed E-state index contributed by atoms with van der Waals surface area (Å²) in [6.07, 6.45) is 3.29. The minimum atomic E-state index is -0.0750. The van der Waals surface area contributed by atoms with Crippen LogP contribution in [0.1, 0.15) is 39.3 Å². The van der Waals surface area contributed by atoms with Crippen molar-refractivity contribution in [2.24, 2.45) is 0 Å². The Bertz CT molecular complexity index is 1140. The SMILES string of the molecule is Cc1c(C(=O)NC[C@@H](C)c2ccccc2)sc2ncnc(NCc3ccccn3)c12. The molecule has 0 radical (unpaired) electrons. The maximum Gasteiger partial charge on any atom is 0.261 e. The van der Waals surface area contributed by atoms with Gasteiger partial charge in [0.05, 0.1) is 22.5 Å². The number of hydrogen-bond donors (Lipinski definition) is 2. The Morgan fingerprint density at radius 2 is 1.87 bits per heavy atom. The largest absolute Gasteiger partial charge is 0.364 e. The number of rotatable bonds is 7. The van der Waals surface area contributed by atoms with Gasteiger partial charge < -0.3 is 10.6 Å². The molecule has 30 heavy (non-hydrogen) atoms. The second kappa shape index (κ2) is 9.00. The molecule has 1 atom stereocenters. The van der Waals surface area contributed by atoms with Gasteiger partial charge in [-0.05, 0) is 36.1 Å². The summed E-state index contributed by atoms with van der Waals surface area (Å²) in [5, 5.41) is 7.29. The van der Waals surface area contributed by atoms with Gasteiger partial charge in [-0.1, -0.05) is 43.3 Å². The number of fused-ring (bicyclic) bond motifs is 1. The fourth-order valence-electron chi connectivity index (χ4n) is 3.32. The Balaban J connectivity index is 1.50. The zero-order chi connectivity index (χ0) is 20.9. The van der Waals surface area contributed by atoms with E-state index in [2.05, 4.69) is 44.6 Å². The molecule has 3 heterocycles. The van der Waals surface area contributed by atoms with Crippen molar-refractivity contribution in [1.82, 2.24) is 20.3 Å². The Morgan fingerprint density at radius 1 is 1.07 bits per heavy atom. The number of nitrogens with one attached hydrogen (secondary N) is 2. The smallest absolute Gasteiger partial charge is 0.261 e. The van der Waals surface area contributed by atoms with Crippen LogP contribution < -0.4 is 10.6 Å². The molecule has 1 aromatic carbocycles. The van der Waals surface area contributed by atoms with E-state index in [4.69, 9.17) is 0 Å². The third-order valence-electron chi connectivity index (χ3n) is 5.03. The maximum atomic E-state index is 12.9. The molecule has 0 saturated heterocycles. The normalized spacial score (nSPS) is 11.9. The van der Waals surface area contributed by atoms with Crippen LogP contribution in [0.4, 0.5) is 5.82 Å². The van der Waals surface area contributed by atoms with E-state index in [1.807, 2.05) is 43.3 Å². The van der Waals surface area contributed by atoms with Crippen molar-refractivity contribution >= 4 is 33.3 Å². The van der Waals surface area contributed by atoms with Crippen LogP contribution in [0, 0.1) is 6.92 Å². The van der Waals surface area contributed by atoms with E-state index in [1.54, 1.807) is 6.20 Å². The van der Waals surface area contributed by atoms with Crippen molar-refractivity contribution < 1.29 is 4.79 Å². The highest BCUT2D eigenvalue weighted by Crippen LogP contribution is 2.33. The van der Waals surface area contributed by atoms with Crippen molar-refractivity contribution in [2.45, 2.75) is 26.3 Å². The van der Waals surface area contributed by atoms with Crippen molar-refractivity contribution in [3.63, 3.8) is 0 Å². The summed E-state index contributed by atoms with van der Waals surface area (Å²) in [6.45, 7) is 5.19. The standard InChI is InChI=1S/C23H23N5OS/c1-15(17-8-4-3-5-9-17)12-26-22(29)20-16(2)19-21(27-14-28-23(19)30-20)25-13-18-10-6-7-11-24-18/h3-11,14-15H,12-13H2,1-2H3,(H,26,29)(H,25,27,28)/t15-/m1/s1. The zero-order valence-corrected chi connectivity index (χ0v) is 17.7. The molecule has 0 fully saturated rings. The Labute approximate surface area is 179 Å². The molecule has 0 bridgehead atoms. The first-order chi connectivity index (χ1) is 14.6. The molecule has 0 spiro atoms. The summed E-state index contributed by atoms with van der Waals surface area (Å²) in [6, 6.07) is 16.0. The molecule has 4 aromatic rings. The van der Waals surface area contributed by atoms with Crippen molar-refractivity contribution in [3.05, 3.63) is 82.8 Å². The van der Waals surface area contributed by atoms with Gasteiger partial charge in [0.15, 0.2) is 0 Å². The Kier molecular flexibility index (Phi) is 5.99. The first kappa shape index (κ1) is 20.0. The number of aromatic nitrogens is 3. The molecule has 0 saturated carbocycles. The van der Waals surface area contributed by atoms with Gasteiger partial charge in [0.25, 0.3) is 5.91 Å². The quantitative estimate of drug-likeness (QED) is 0.461. The van der Waals surface area contributed by atoms with Gasteiger partial charge in [-0.2, -0.15) is 0 Å². The fourth-order valence-corrected chi connectivity index (χ4v) is 4.39. The second-order valence-corrected chi connectivity index (χ2v) is 8.15. The van der Waals surface area contributed by atoms with E-state index in [0.29, 0.717) is 18.0 Å². The van der Waals surface area contributed by atoms with E-state index in [0.717, 1.165) is 27.3 Å². The average molecular weight is 418 g/mol. The lowest BCUT2D eigenvalue weighted by Gasteiger charge is -2.13. The average Bonchev–Trinajstić information content (AvgIpc) is 3.14. The lowest BCUT2D eigenvalue weighted by molar-refractivity contribution is 0.0955. The van der Waals surface area contributed by atoms with Gasteiger partial charge in [-0.3, -0.25) is 9.78 Å². The topological polar surface area (TPSA) is 79.8 Å². The molecule has 0 aliphatic carbocycles. The van der Waals surface area contributed by atoms with Crippen LogP contribution in [0.3, 0.4) is 0 Å². The van der Waals surface area contributed by atoms with Crippen LogP contribution in [0.5, 0.6) is 0 Å². The molecule has 0 aliphatic heterocycles. The predicted octanol–water partition coefficient (Wildman–Crippen LogP) is 4.54. The Hall–Kier alpha value is -3.32. The number of amides is 1. The molecular weight excluding hydrogens is 394 g/mol. The van der Waals surface area contributed by atoms with Gasteiger partial charge in [0.1, 0.15) is 17.0 Å². The summed E-state index contributed by atoms with van der Waals surface area (Å²) in [4.78, 5) is 27.5. The van der Waals surface area contributed by atoms with Crippen LogP contribution in [0.15, 0.2) is 61.1 Å². The number of carbonyl (C=O) groups excluding carboxylic acids is 1. The van der Waals surface area contributed by atoms with E-state index < -0.39 is 0 Å². The van der Waals surface area contributed by atoms with Crippen LogP contribution in [0.25, 0.3) is 10.2 Å². The van der Waals surface area contributed by atoms with Gasteiger partial charge >= 0.3 is 0 Å². The number of carbonyl (C=O) groups is 1. The van der Waals surface area contributed by atoms with Crippen LogP contribution in [-0.4, -0.2) is 27.4 Å². The number of thiophene rings is 1. The van der Waals surface area contributed by atoms with Crippen LogP contribution >= 0.6 is 11.3 Å². The molecular formula is C23H23N5OS. The lowest BCUT2D eigenvalue weighted by Crippen LogP contribution is -2.27. The van der Waals surface area contributed by atoms with E-state index in [1.165, 1.54) is 23.2 Å². The van der Waals surface area contributed by atoms with Crippen LogP contribution in [0.2, 0.25) is 0 Å².